The van der Waals surface area contributed by atoms with Crippen LogP contribution in [0.4, 0.5) is 0 Å². The number of fused-ring (bicyclic) bond motifs is 1. The first-order valence-corrected chi connectivity index (χ1v) is 3.82. The van der Waals surface area contributed by atoms with Gasteiger partial charge in [-0.25, -0.2) is 0 Å². The van der Waals surface area contributed by atoms with Crippen molar-refractivity contribution in [1.82, 2.24) is 0 Å². The van der Waals surface area contributed by atoms with Crippen molar-refractivity contribution in [1.29, 1.82) is 0 Å². The molecule has 0 aromatic carbocycles. The topological polar surface area (TPSA) is 0 Å². The zero-order chi connectivity index (χ0) is 5.40. The first-order valence-electron chi connectivity index (χ1n) is 2.94. The van der Waals surface area contributed by atoms with Gasteiger partial charge < -0.3 is 0 Å². The Morgan fingerprint density at radius 1 is 1.50 bits per heavy atom. The summed E-state index contributed by atoms with van der Waals surface area (Å²) >= 11 is 1.86. The quantitative estimate of drug-likeness (QED) is 0.495. The molecule has 2 rings (SSSR count). The van der Waals surface area contributed by atoms with E-state index in [0.29, 0.717) is 0 Å². The monoisotopic (exact) mass is 123 g/mol. The van der Waals surface area contributed by atoms with Crippen LogP contribution >= 0.6 is 11.3 Å². The molecular weight excluding hydrogens is 116 g/mol. The van der Waals surface area contributed by atoms with Crippen LogP contribution in [0.25, 0.3) is 0 Å². The smallest absolute Gasteiger partial charge is 0.00837 e. The van der Waals surface area contributed by atoms with Crippen molar-refractivity contribution in [2.45, 2.75) is 19.3 Å². The minimum atomic E-state index is 1.28. The largest absolute Gasteiger partial charge is 0.148 e. The number of hydrogen-bond donors (Lipinski definition) is 0. The lowest BCUT2D eigenvalue weighted by atomic mass is 10.3. The molecule has 0 bridgehead atoms. The maximum atomic E-state index is 3.24. The van der Waals surface area contributed by atoms with Crippen LogP contribution in [0.1, 0.15) is 16.9 Å². The summed E-state index contributed by atoms with van der Waals surface area (Å²) in [7, 11) is 0. The molecule has 1 heterocycles. The van der Waals surface area contributed by atoms with Gasteiger partial charge in [0.25, 0.3) is 0 Å². The second-order valence-corrected chi connectivity index (χ2v) is 3.10. The highest BCUT2D eigenvalue weighted by atomic mass is 32.1. The predicted molar refractivity (Wildman–Crippen MR) is 35.2 cm³/mol. The van der Waals surface area contributed by atoms with Gasteiger partial charge in [-0.1, -0.05) is 0 Å². The second-order valence-electron chi connectivity index (χ2n) is 2.14. The van der Waals surface area contributed by atoms with Gasteiger partial charge in [0.2, 0.25) is 0 Å². The van der Waals surface area contributed by atoms with Crippen LogP contribution in [0.3, 0.4) is 0 Å². The van der Waals surface area contributed by atoms with Gasteiger partial charge in [-0.3, -0.25) is 0 Å². The molecule has 0 fully saturated rings. The van der Waals surface area contributed by atoms with E-state index in [1.54, 1.807) is 4.88 Å². The maximum Gasteiger partial charge on any atom is 0.00837 e. The van der Waals surface area contributed by atoms with Crippen LogP contribution in [0.5, 0.6) is 0 Å². The molecule has 1 radical (unpaired) electrons. The van der Waals surface area contributed by atoms with E-state index in [1.807, 2.05) is 11.3 Å². The predicted octanol–water partition coefficient (Wildman–Crippen LogP) is 2.04. The lowest BCUT2D eigenvalue weighted by Gasteiger charge is -1.78. The van der Waals surface area contributed by atoms with Crippen molar-refractivity contribution in [2.24, 2.45) is 0 Å². The Morgan fingerprint density at radius 2 is 2.50 bits per heavy atom. The normalized spacial score (nSPS) is 16.5. The molecule has 0 aliphatic heterocycles. The zero-order valence-electron chi connectivity index (χ0n) is 4.61. The zero-order valence-corrected chi connectivity index (χ0v) is 5.42. The SMILES string of the molecule is [c]1csc2c1CCC2. The van der Waals surface area contributed by atoms with E-state index >= 15 is 0 Å². The highest BCUT2D eigenvalue weighted by molar-refractivity contribution is 7.10. The van der Waals surface area contributed by atoms with Crippen LogP contribution < -0.4 is 0 Å². The number of thiophene rings is 1. The van der Waals surface area contributed by atoms with E-state index in [-0.39, 0.29) is 0 Å². The minimum absolute atomic E-state index is 1.28. The summed E-state index contributed by atoms with van der Waals surface area (Å²) in [5, 5.41) is 2.07. The van der Waals surface area contributed by atoms with E-state index in [4.69, 9.17) is 0 Å². The molecule has 0 amide bonds. The molecule has 0 saturated carbocycles. The van der Waals surface area contributed by atoms with E-state index < -0.39 is 0 Å². The molecule has 1 aliphatic rings. The Bertz CT molecular complexity index is 170. The molecule has 0 unspecified atom stereocenters. The second kappa shape index (κ2) is 1.59. The summed E-state index contributed by atoms with van der Waals surface area (Å²) in [6, 6.07) is 3.24. The highest BCUT2D eigenvalue weighted by Crippen LogP contribution is 2.25. The molecule has 1 aromatic rings. The van der Waals surface area contributed by atoms with E-state index in [0.717, 1.165) is 0 Å². The lowest BCUT2D eigenvalue weighted by Crippen LogP contribution is -1.67. The van der Waals surface area contributed by atoms with Gasteiger partial charge in [0.15, 0.2) is 0 Å². The highest BCUT2D eigenvalue weighted by Gasteiger charge is 2.10. The van der Waals surface area contributed by atoms with Crippen molar-refractivity contribution in [3.05, 3.63) is 21.9 Å². The average Bonchev–Trinajstić information content (AvgIpc) is 2.15. The number of aryl methyl sites for hydroxylation is 2. The van der Waals surface area contributed by atoms with Crippen LogP contribution in [-0.4, -0.2) is 0 Å². The Morgan fingerprint density at radius 3 is 3.38 bits per heavy atom. The molecule has 0 spiro atoms. The molecule has 8 heavy (non-hydrogen) atoms. The van der Waals surface area contributed by atoms with Gasteiger partial charge in [-0.2, -0.15) is 0 Å². The Labute approximate surface area is 53.2 Å². The fourth-order valence-corrected chi connectivity index (χ4v) is 2.08. The first kappa shape index (κ1) is 4.57. The Kier molecular flexibility index (Phi) is 0.908. The molecule has 0 atom stereocenters. The van der Waals surface area contributed by atoms with Crippen molar-refractivity contribution >= 4 is 11.3 Å². The summed E-state index contributed by atoms with van der Waals surface area (Å²) < 4.78 is 0. The summed E-state index contributed by atoms with van der Waals surface area (Å²) in [4.78, 5) is 1.57. The van der Waals surface area contributed by atoms with Crippen molar-refractivity contribution in [2.75, 3.05) is 0 Å². The Balaban J connectivity index is 2.54. The van der Waals surface area contributed by atoms with Gasteiger partial charge >= 0.3 is 0 Å². The third-order valence-electron chi connectivity index (χ3n) is 1.60. The van der Waals surface area contributed by atoms with Crippen molar-refractivity contribution in [3.8, 4) is 0 Å². The molecule has 0 N–H and O–H groups in total. The fraction of sp³-hybridized carbons (Fsp3) is 0.429. The first-order chi connectivity index (χ1) is 3.97. The molecule has 1 aliphatic carbocycles. The lowest BCUT2D eigenvalue weighted by molar-refractivity contribution is 0.914. The third kappa shape index (κ3) is 0.511. The fourth-order valence-electron chi connectivity index (χ4n) is 1.17. The van der Waals surface area contributed by atoms with Gasteiger partial charge in [0.05, 0.1) is 0 Å². The van der Waals surface area contributed by atoms with Crippen LogP contribution in [0.2, 0.25) is 0 Å². The summed E-state index contributed by atoms with van der Waals surface area (Å²) in [5.74, 6) is 0. The summed E-state index contributed by atoms with van der Waals surface area (Å²) in [6.07, 6.45) is 3.95. The van der Waals surface area contributed by atoms with Gasteiger partial charge in [-0.15, -0.1) is 11.3 Å². The number of hydrogen-bond acceptors (Lipinski definition) is 1. The molecule has 41 valence electrons. The van der Waals surface area contributed by atoms with Gasteiger partial charge in [-0.05, 0) is 36.3 Å². The standard InChI is InChI=1S/C7H7S/c1-2-6-4-5-8-7(6)3-1/h5H,1-3H2. The van der Waals surface area contributed by atoms with Crippen LogP contribution in [0, 0.1) is 6.07 Å². The summed E-state index contributed by atoms with van der Waals surface area (Å²) in [5.41, 5.74) is 1.48. The molecule has 0 nitrogen and oxygen atoms in total. The van der Waals surface area contributed by atoms with Crippen LogP contribution in [-0.2, 0) is 12.8 Å². The van der Waals surface area contributed by atoms with E-state index in [9.17, 15) is 0 Å². The van der Waals surface area contributed by atoms with E-state index in [2.05, 4.69) is 11.4 Å². The van der Waals surface area contributed by atoms with Gasteiger partial charge in [0.1, 0.15) is 0 Å². The van der Waals surface area contributed by atoms with Crippen molar-refractivity contribution < 1.29 is 0 Å². The Hall–Kier alpha value is -0.300. The van der Waals surface area contributed by atoms with E-state index in [1.165, 1.54) is 24.8 Å². The van der Waals surface area contributed by atoms with Crippen LogP contribution in [0.15, 0.2) is 5.38 Å². The number of rotatable bonds is 0. The van der Waals surface area contributed by atoms with Gasteiger partial charge in [0, 0.05) is 4.88 Å². The maximum absolute atomic E-state index is 3.24. The summed E-state index contributed by atoms with van der Waals surface area (Å²) in [6.45, 7) is 0. The molecule has 1 heteroatoms. The molecule has 1 aromatic heterocycles. The third-order valence-corrected chi connectivity index (χ3v) is 2.57. The molecule has 0 saturated heterocycles. The van der Waals surface area contributed by atoms with Crippen molar-refractivity contribution in [3.63, 3.8) is 0 Å². The minimum Gasteiger partial charge on any atom is -0.148 e. The average molecular weight is 123 g/mol. The molecular formula is C7H7S.